The molecule has 80 heavy (non-hydrogen) atoms. The van der Waals surface area contributed by atoms with Gasteiger partial charge in [0, 0.05) is 0 Å². The van der Waals surface area contributed by atoms with Crippen LogP contribution in [0.5, 0.6) is 11.5 Å². The predicted octanol–water partition coefficient (Wildman–Crippen LogP) is 18.9. The zero-order valence-electron chi connectivity index (χ0n) is 49.4. The maximum absolute atomic E-state index is 12.1. The summed E-state index contributed by atoms with van der Waals surface area (Å²) in [7, 11) is 0. The van der Waals surface area contributed by atoms with Crippen LogP contribution in [-0.4, -0.2) is 32.4 Å². The molecule has 0 aliphatic rings. The Morgan fingerprint density at radius 3 is 0.912 bits per heavy atom. The molecular weight excluding hydrogens is 993 g/mol. The second-order valence-electron chi connectivity index (χ2n) is 23.5. The Bertz CT molecular complexity index is 3290. The largest absolute Gasteiger partial charge is 0.426 e. The molecule has 8 aromatic carbocycles. The van der Waals surface area contributed by atoms with E-state index in [9.17, 15) is 30.0 Å². The fourth-order valence-corrected chi connectivity index (χ4v) is 8.28. The standard InChI is InChI=1S/C19H24O3.C18H22O3.C17H22O.C16H20O.2CH4/c1-6-18(2,3)17(20)22-16-10-8-13-11-15(19(4,5)21)9-7-14(13)12-16;1-5-18(3,4)17(20)21-16-9-8-14-10-13(12(2)19)6-7-15(14)11-16;1-5-12(2)13-6-7-15-11-16(17(3,4)18)9-8-14(15)10-13;1-4-11(2)13-5-7-16-10-14(12(3)17)6-8-15(16)9-13;;/h7-12,21H,6H2,1-5H3;6-12,19H,5H2,1-4H3;6-12,18H,5H2,1-4H3;5-12,17H,4H2,1-3H3;2*1H4. The van der Waals surface area contributed by atoms with E-state index in [2.05, 4.69) is 88.4 Å². The van der Waals surface area contributed by atoms with Gasteiger partial charge in [-0.2, -0.15) is 0 Å². The lowest BCUT2D eigenvalue weighted by molar-refractivity contribution is -0.144. The van der Waals surface area contributed by atoms with Gasteiger partial charge in [0.15, 0.2) is 0 Å². The quantitative estimate of drug-likeness (QED) is 0.0625. The van der Waals surface area contributed by atoms with Crippen molar-refractivity contribution in [2.75, 3.05) is 0 Å². The van der Waals surface area contributed by atoms with E-state index in [0.717, 1.165) is 69.5 Å². The third kappa shape index (κ3) is 18.3. The average Bonchev–Trinajstić information content (AvgIpc) is 3.41. The Morgan fingerprint density at radius 1 is 0.388 bits per heavy atom. The number of ether oxygens (including phenoxy) is 2. The molecule has 0 aliphatic carbocycles. The van der Waals surface area contributed by atoms with Crippen LogP contribution >= 0.6 is 0 Å². The Morgan fingerprint density at radius 2 is 0.637 bits per heavy atom. The van der Waals surface area contributed by atoms with Gasteiger partial charge in [-0.1, -0.05) is 153 Å². The summed E-state index contributed by atoms with van der Waals surface area (Å²) in [6, 6.07) is 48.3. The van der Waals surface area contributed by atoms with E-state index >= 15 is 0 Å². The molecule has 0 radical (unpaired) electrons. The van der Waals surface area contributed by atoms with Gasteiger partial charge in [0.05, 0.1) is 34.2 Å². The van der Waals surface area contributed by atoms with Crippen LogP contribution < -0.4 is 9.47 Å². The van der Waals surface area contributed by atoms with Crippen LogP contribution in [0.15, 0.2) is 146 Å². The number of aliphatic hydroxyl groups is 4. The first-order valence-electron chi connectivity index (χ1n) is 27.9. The van der Waals surface area contributed by atoms with Crippen LogP contribution in [0.3, 0.4) is 0 Å². The van der Waals surface area contributed by atoms with E-state index in [-0.39, 0.29) is 26.8 Å². The van der Waals surface area contributed by atoms with Crippen molar-refractivity contribution in [1.29, 1.82) is 0 Å². The third-order valence-corrected chi connectivity index (χ3v) is 15.4. The number of benzene rings is 8. The summed E-state index contributed by atoms with van der Waals surface area (Å²) in [5.74, 6) is 1.88. The van der Waals surface area contributed by atoms with Gasteiger partial charge >= 0.3 is 11.9 Å². The maximum Gasteiger partial charge on any atom is 0.316 e. The van der Waals surface area contributed by atoms with Gasteiger partial charge in [0.2, 0.25) is 0 Å². The molecule has 0 bridgehead atoms. The fraction of sp³-hybridized carbons (Fsp3) is 0.417. The molecular formula is C72H96O8. The first kappa shape index (κ1) is 67.9. The van der Waals surface area contributed by atoms with Crippen molar-refractivity contribution in [3.63, 3.8) is 0 Å². The highest BCUT2D eigenvalue weighted by Crippen LogP contribution is 2.32. The zero-order chi connectivity index (χ0) is 57.9. The predicted molar refractivity (Wildman–Crippen MR) is 338 cm³/mol. The van der Waals surface area contributed by atoms with Crippen LogP contribution in [0.1, 0.15) is 209 Å². The highest BCUT2D eigenvalue weighted by molar-refractivity contribution is 5.88. The van der Waals surface area contributed by atoms with Crippen molar-refractivity contribution in [2.24, 2.45) is 10.8 Å². The summed E-state index contributed by atoms with van der Waals surface area (Å²) in [6.45, 7) is 31.1. The van der Waals surface area contributed by atoms with E-state index in [0.29, 0.717) is 23.3 Å². The summed E-state index contributed by atoms with van der Waals surface area (Å²) in [4.78, 5) is 24.2. The molecule has 0 amide bonds. The smallest absolute Gasteiger partial charge is 0.316 e. The van der Waals surface area contributed by atoms with Gasteiger partial charge in [-0.05, 0) is 232 Å². The van der Waals surface area contributed by atoms with Crippen LogP contribution in [0.25, 0.3) is 43.1 Å². The highest BCUT2D eigenvalue weighted by atomic mass is 16.5. The number of esters is 2. The second kappa shape index (κ2) is 28.8. The van der Waals surface area contributed by atoms with E-state index in [1.54, 1.807) is 39.8 Å². The minimum atomic E-state index is -0.871. The van der Waals surface area contributed by atoms with Crippen molar-refractivity contribution in [2.45, 2.75) is 187 Å². The van der Waals surface area contributed by atoms with Gasteiger partial charge in [-0.25, -0.2) is 0 Å². The molecule has 0 spiro atoms. The normalized spacial score (nSPS) is 13.2. The molecule has 8 heteroatoms. The highest BCUT2D eigenvalue weighted by Gasteiger charge is 2.29. The SMILES string of the molecule is C.C.CCC(C)(C)C(=O)Oc1ccc2cc(C(C)(C)O)ccc2c1.CCC(C)(C)C(=O)Oc1ccc2cc(C(C)O)ccc2c1.CCC(C)c1ccc2cc(C(C)(C)O)ccc2c1.CCC(C)c1ccc2cc(C(C)O)ccc2c1. The van der Waals surface area contributed by atoms with E-state index in [4.69, 9.17) is 9.47 Å². The lowest BCUT2D eigenvalue weighted by atomic mass is 9.90. The number of fused-ring (bicyclic) bond motifs is 4. The van der Waals surface area contributed by atoms with Crippen molar-refractivity contribution in [1.82, 2.24) is 0 Å². The van der Waals surface area contributed by atoms with Crippen LogP contribution in [-0.2, 0) is 20.8 Å². The molecule has 0 saturated heterocycles. The molecule has 8 rings (SSSR count). The van der Waals surface area contributed by atoms with Crippen LogP contribution in [0.4, 0.5) is 0 Å². The maximum atomic E-state index is 12.1. The molecule has 0 fully saturated rings. The molecule has 4 atom stereocenters. The zero-order valence-corrected chi connectivity index (χ0v) is 49.4. The number of carbonyl (C=O) groups excluding carboxylic acids is 2. The molecule has 432 valence electrons. The average molecular weight is 1090 g/mol. The first-order valence-corrected chi connectivity index (χ1v) is 27.9. The van der Waals surface area contributed by atoms with E-state index in [1.807, 2.05) is 128 Å². The summed E-state index contributed by atoms with van der Waals surface area (Å²) >= 11 is 0. The van der Waals surface area contributed by atoms with E-state index < -0.39 is 34.2 Å². The second-order valence-corrected chi connectivity index (χ2v) is 23.5. The molecule has 8 nitrogen and oxygen atoms in total. The van der Waals surface area contributed by atoms with Crippen LogP contribution in [0.2, 0.25) is 0 Å². The Hall–Kier alpha value is -6.42. The topological polar surface area (TPSA) is 134 Å². The van der Waals surface area contributed by atoms with Gasteiger partial charge in [0.1, 0.15) is 11.5 Å². The lowest BCUT2D eigenvalue weighted by Gasteiger charge is -2.20. The molecule has 0 aromatic heterocycles. The Kier molecular flexibility index (Phi) is 24.5. The number of rotatable bonds is 14. The van der Waals surface area contributed by atoms with Crippen LogP contribution in [0, 0.1) is 10.8 Å². The molecule has 4 N–H and O–H groups in total. The molecule has 0 heterocycles. The van der Waals surface area contributed by atoms with Gasteiger partial charge in [-0.15, -0.1) is 0 Å². The van der Waals surface area contributed by atoms with Crippen molar-refractivity contribution in [3.05, 3.63) is 179 Å². The van der Waals surface area contributed by atoms with Gasteiger partial charge in [0.25, 0.3) is 0 Å². The van der Waals surface area contributed by atoms with Crippen molar-refractivity contribution in [3.8, 4) is 11.5 Å². The number of hydrogen-bond acceptors (Lipinski definition) is 8. The number of hydrogen-bond donors (Lipinski definition) is 4. The third-order valence-electron chi connectivity index (χ3n) is 15.4. The van der Waals surface area contributed by atoms with E-state index in [1.165, 1.54) is 32.7 Å². The minimum absolute atomic E-state index is 0. The Labute approximate surface area is 480 Å². The minimum Gasteiger partial charge on any atom is -0.426 e. The fourth-order valence-electron chi connectivity index (χ4n) is 8.28. The molecule has 0 aliphatic heterocycles. The summed E-state index contributed by atoms with van der Waals surface area (Å²) in [5, 5.41) is 48.2. The summed E-state index contributed by atoms with van der Waals surface area (Å²) < 4.78 is 11.0. The summed E-state index contributed by atoms with van der Waals surface area (Å²) in [5.41, 5.74) is 3.85. The monoisotopic (exact) mass is 1090 g/mol. The van der Waals surface area contributed by atoms with Crippen molar-refractivity contribution >= 4 is 55.0 Å². The number of carbonyl (C=O) groups is 2. The van der Waals surface area contributed by atoms with Gasteiger partial charge < -0.3 is 29.9 Å². The van der Waals surface area contributed by atoms with Crippen molar-refractivity contribution < 1.29 is 39.5 Å². The molecule has 0 saturated carbocycles. The summed E-state index contributed by atoms with van der Waals surface area (Å²) in [6.07, 6.45) is 2.90. The lowest BCUT2D eigenvalue weighted by Crippen LogP contribution is -2.28. The first-order chi connectivity index (χ1) is 36.5. The van der Waals surface area contributed by atoms with Gasteiger partial charge in [-0.3, -0.25) is 9.59 Å². The molecule has 4 unspecified atom stereocenters. The molecule has 8 aromatic rings. The number of aliphatic hydroxyl groups excluding tert-OH is 2. The Balaban J connectivity index is 0.000000279.